The zero-order valence-corrected chi connectivity index (χ0v) is 27.9. The number of carbonyl (C=O) groups is 2. The fraction of sp³-hybridized carbons (Fsp3) is 0.889. The molecule has 0 unspecified atom stereocenters. The van der Waals surface area contributed by atoms with Crippen LogP contribution in [0, 0.1) is 50.2 Å². The molecule has 5 aliphatic carbocycles. The number of carboxylic acid groups (broad SMARTS) is 1. The molecule has 0 aromatic carbocycles. The average molecular weight is 617 g/mol. The number of fused-ring (bicyclic) bond motifs is 7. The Labute approximate surface area is 263 Å². The van der Waals surface area contributed by atoms with Crippen LogP contribution in [0.25, 0.3) is 0 Å². The lowest BCUT2D eigenvalue weighted by Crippen LogP contribution is -2.67. The van der Waals surface area contributed by atoms with Crippen molar-refractivity contribution >= 4 is 11.8 Å². The van der Waals surface area contributed by atoms with Crippen molar-refractivity contribution in [3.05, 3.63) is 11.6 Å². The summed E-state index contributed by atoms with van der Waals surface area (Å²) >= 11 is 0. The molecule has 0 amide bonds. The number of hydrogen-bond donors (Lipinski definition) is 4. The van der Waals surface area contributed by atoms with E-state index in [1.807, 2.05) is 13.0 Å². The Kier molecular flexibility index (Phi) is 7.66. The highest BCUT2D eigenvalue weighted by atomic mass is 16.7. The van der Waals surface area contributed by atoms with Gasteiger partial charge in [0.25, 0.3) is 0 Å². The van der Waals surface area contributed by atoms with Crippen molar-refractivity contribution in [3.8, 4) is 0 Å². The van der Waals surface area contributed by atoms with Crippen molar-refractivity contribution in [3.63, 3.8) is 0 Å². The standard InChI is InChI=1S/C36H56O8/c1-31(2)25-8-11-36(7)29(34(25,5)10-9-26(31)44-27-17-22(38)28(40)24(19-37)43-27)23(39)16-20-21-18-33(4,30(41)42)13-12-32(21,3)14-15-35(20,36)6/h16,21-22,24-29,37-38,40H,8-15,17-19H2,1-7H3,(H,41,42)/t21-,22-,24-,25+,26+,27-,28+,29-,32-,33+,34+,35-,36-/m1/s1. The zero-order valence-electron chi connectivity index (χ0n) is 27.9. The summed E-state index contributed by atoms with van der Waals surface area (Å²) in [5.74, 6) is -0.267. The van der Waals surface area contributed by atoms with Crippen molar-refractivity contribution < 1.29 is 39.5 Å². The maximum absolute atomic E-state index is 14.6. The SMILES string of the molecule is CC1(C)[C@@H](O[C@@H]2C[C@@H](O)[C@H](O)[C@@H](CO)O2)CC[C@]2(C)[C@H]3C(=O)C=C4[C@H]5C[C@@](C)(C(=O)O)CC[C@]5(C)CC[C@@]4(C)[C@]3(C)CC[C@@H]12. The van der Waals surface area contributed by atoms with Crippen LogP contribution in [0.5, 0.6) is 0 Å². The highest BCUT2D eigenvalue weighted by Crippen LogP contribution is 2.75. The maximum atomic E-state index is 14.6. The Morgan fingerprint density at radius 1 is 0.977 bits per heavy atom. The molecular formula is C36H56O8. The molecule has 6 rings (SSSR count). The monoisotopic (exact) mass is 616 g/mol. The molecule has 0 radical (unpaired) electrons. The first-order valence-electron chi connectivity index (χ1n) is 17.1. The van der Waals surface area contributed by atoms with E-state index in [0.29, 0.717) is 12.8 Å². The second-order valence-corrected chi connectivity index (χ2v) is 17.6. The van der Waals surface area contributed by atoms with Crippen LogP contribution in [0.15, 0.2) is 11.6 Å². The highest BCUT2D eigenvalue weighted by Gasteiger charge is 2.70. The van der Waals surface area contributed by atoms with Gasteiger partial charge in [-0.2, -0.15) is 0 Å². The minimum atomic E-state index is -1.14. The molecule has 0 spiro atoms. The molecule has 0 aromatic rings. The Hall–Kier alpha value is -1.32. The van der Waals surface area contributed by atoms with Crippen LogP contribution in [-0.2, 0) is 19.1 Å². The quantitative estimate of drug-likeness (QED) is 0.314. The molecule has 1 saturated heterocycles. The largest absolute Gasteiger partial charge is 0.481 e. The third kappa shape index (κ3) is 4.40. The molecule has 0 aromatic heterocycles. The highest BCUT2D eigenvalue weighted by molar-refractivity contribution is 5.95. The lowest BCUT2D eigenvalue weighted by molar-refractivity contribution is -0.296. The lowest BCUT2D eigenvalue weighted by Gasteiger charge is -2.70. The van der Waals surface area contributed by atoms with Crippen molar-refractivity contribution in [2.45, 2.75) is 143 Å². The second-order valence-electron chi connectivity index (χ2n) is 17.6. The minimum absolute atomic E-state index is 0.0299. The van der Waals surface area contributed by atoms with Crippen molar-refractivity contribution in [2.75, 3.05) is 6.61 Å². The summed E-state index contributed by atoms with van der Waals surface area (Å²) < 4.78 is 12.4. The predicted octanol–water partition coefficient (Wildman–Crippen LogP) is 5.27. The summed E-state index contributed by atoms with van der Waals surface area (Å²) in [6.07, 6.45) is 6.05. The molecule has 8 nitrogen and oxygen atoms in total. The van der Waals surface area contributed by atoms with Crippen molar-refractivity contribution in [2.24, 2.45) is 50.2 Å². The van der Waals surface area contributed by atoms with Crippen LogP contribution in [0.4, 0.5) is 0 Å². The van der Waals surface area contributed by atoms with E-state index in [2.05, 4.69) is 41.5 Å². The Morgan fingerprint density at radius 2 is 1.66 bits per heavy atom. The number of allylic oxidation sites excluding steroid dienone is 2. The first kappa shape index (κ1) is 32.6. The van der Waals surface area contributed by atoms with E-state index in [1.165, 1.54) is 5.57 Å². The van der Waals surface area contributed by atoms with Gasteiger partial charge in [0.1, 0.15) is 12.2 Å². The maximum Gasteiger partial charge on any atom is 0.309 e. The summed E-state index contributed by atoms with van der Waals surface area (Å²) in [5.41, 5.74) is -0.373. The number of hydrogen-bond acceptors (Lipinski definition) is 7. The zero-order chi connectivity index (χ0) is 32.3. The van der Waals surface area contributed by atoms with Gasteiger partial charge in [0.15, 0.2) is 12.1 Å². The fourth-order valence-corrected chi connectivity index (χ4v) is 11.9. The minimum Gasteiger partial charge on any atom is -0.481 e. The van der Waals surface area contributed by atoms with E-state index in [1.54, 1.807) is 0 Å². The van der Waals surface area contributed by atoms with Gasteiger partial charge in [-0.05, 0) is 110 Å². The van der Waals surface area contributed by atoms with E-state index in [0.717, 1.165) is 44.9 Å². The van der Waals surface area contributed by atoms with E-state index in [9.17, 15) is 30.0 Å². The molecular weight excluding hydrogens is 560 g/mol. The molecule has 5 fully saturated rings. The Morgan fingerprint density at radius 3 is 2.32 bits per heavy atom. The first-order valence-corrected chi connectivity index (χ1v) is 17.1. The third-order valence-corrected chi connectivity index (χ3v) is 15.1. The van der Waals surface area contributed by atoms with Crippen LogP contribution in [0.1, 0.15) is 113 Å². The molecule has 8 heteroatoms. The van der Waals surface area contributed by atoms with Gasteiger partial charge in [-0.15, -0.1) is 0 Å². The van der Waals surface area contributed by atoms with Crippen LogP contribution in [0.2, 0.25) is 0 Å². The van der Waals surface area contributed by atoms with Gasteiger partial charge in [-0.25, -0.2) is 0 Å². The van der Waals surface area contributed by atoms with Gasteiger partial charge in [0, 0.05) is 12.3 Å². The van der Waals surface area contributed by atoms with Crippen molar-refractivity contribution in [1.29, 1.82) is 0 Å². The van der Waals surface area contributed by atoms with Crippen molar-refractivity contribution in [1.82, 2.24) is 0 Å². The summed E-state index contributed by atoms with van der Waals surface area (Å²) in [5, 5.41) is 40.4. The number of rotatable bonds is 4. The molecule has 6 aliphatic rings. The third-order valence-electron chi connectivity index (χ3n) is 15.1. The number of ketones is 1. The average Bonchev–Trinajstić information content (AvgIpc) is 2.94. The lowest BCUT2D eigenvalue weighted by atomic mass is 9.33. The predicted molar refractivity (Wildman–Crippen MR) is 164 cm³/mol. The summed E-state index contributed by atoms with van der Waals surface area (Å²) in [7, 11) is 0. The second kappa shape index (κ2) is 10.3. The number of aliphatic hydroxyl groups is 3. The van der Waals surface area contributed by atoms with Gasteiger partial charge in [-0.1, -0.05) is 47.1 Å². The Balaban J connectivity index is 1.31. The normalized spacial score (nSPS) is 53.4. The van der Waals surface area contributed by atoms with Gasteiger partial charge >= 0.3 is 5.97 Å². The topological polar surface area (TPSA) is 134 Å². The smallest absolute Gasteiger partial charge is 0.309 e. The molecule has 13 atom stereocenters. The van der Waals surface area contributed by atoms with Gasteiger partial charge in [0.05, 0.1) is 24.2 Å². The van der Waals surface area contributed by atoms with Gasteiger partial charge in [0.2, 0.25) is 0 Å². The summed E-state index contributed by atoms with van der Waals surface area (Å²) in [4.78, 5) is 27.0. The van der Waals surface area contributed by atoms with E-state index >= 15 is 0 Å². The van der Waals surface area contributed by atoms with Crippen LogP contribution in [0.3, 0.4) is 0 Å². The van der Waals surface area contributed by atoms with E-state index in [-0.39, 0.29) is 69.7 Å². The fourth-order valence-electron chi connectivity index (χ4n) is 11.9. The number of ether oxygens (including phenoxy) is 2. The van der Waals surface area contributed by atoms with E-state index < -0.39 is 36.0 Å². The number of aliphatic carboxylic acids is 1. The molecule has 0 bridgehead atoms. The van der Waals surface area contributed by atoms with Gasteiger partial charge < -0.3 is 29.9 Å². The number of carboxylic acids is 1. The van der Waals surface area contributed by atoms with Crippen LogP contribution in [-0.4, -0.2) is 69.5 Å². The molecule has 4 saturated carbocycles. The molecule has 44 heavy (non-hydrogen) atoms. The number of carbonyl (C=O) groups excluding carboxylic acids is 1. The molecule has 248 valence electrons. The molecule has 4 N–H and O–H groups in total. The number of aliphatic hydroxyl groups excluding tert-OH is 3. The molecule has 1 heterocycles. The Bertz CT molecular complexity index is 1230. The van der Waals surface area contributed by atoms with Crippen LogP contribution >= 0.6 is 0 Å². The van der Waals surface area contributed by atoms with Gasteiger partial charge in [-0.3, -0.25) is 9.59 Å². The molecule has 1 aliphatic heterocycles. The summed E-state index contributed by atoms with van der Waals surface area (Å²) in [6, 6.07) is 0. The summed E-state index contributed by atoms with van der Waals surface area (Å²) in [6.45, 7) is 15.4. The van der Waals surface area contributed by atoms with Crippen LogP contribution < -0.4 is 0 Å². The van der Waals surface area contributed by atoms with E-state index in [4.69, 9.17) is 9.47 Å². The first-order chi connectivity index (χ1) is 20.4.